The summed E-state index contributed by atoms with van der Waals surface area (Å²) in [6, 6.07) is 10.1. The van der Waals surface area contributed by atoms with Crippen molar-refractivity contribution < 1.29 is 9.53 Å². The highest BCUT2D eigenvalue weighted by Crippen LogP contribution is 2.28. The number of carbonyl (C=O) groups is 1. The van der Waals surface area contributed by atoms with Gasteiger partial charge in [-0.1, -0.05) is 23.2 Å². The number of nitrogens with one attached hydrogen (secondary N) is 2. The Kier molecular flexibility index (Phi) is 6.10. The zero-order valence-electron chi connectivity index (χ0n) is 12.5. The molecule has 122 valence electrons. The normalized spacial score (nSPS) is 10.4. The number of amides is 1. The third-order valence-corrected chi connectivity index (χ3v) is 3.48. The Morgan fingerprint density at radius 1 is 1.17 bits per heavy atom. The van der Waals surface area contributed by atoms with E-state index in [1.807, 2.05) is 0 Å². The van der Waals surface area contributed by atoms with Crippen molar-refractivity contribution in [2.45, 2.75) is 0 Å². The summed E-state index contributed by atoms with van der Waals surface area (Å²) in [5, 5.41) is 6.91. The van der Waals surface area contributed by atoms with Crippen molar-refractivity contribution >= 4 is 46.2 Å². The van der Waals surface area contributed by atoms with Crippen LogP contribution in [-0.4, -0.2) is 26.2 Å². The number of nitrogen functional groups attached to an aromatic ring is 1. The quantitative estimate of drug-likeness (QED) is 0.546. The van der Waals surface area contributed by atoms with Crippen LogP contribution in [0.4, 0.5) is 17.1 Å². The molecule has 0 aromatic heterocycles. The molecule has 0 bridgehead atoms. The van der Waals surface area contributed by atoms with Gasteiger partial charge in [0.25, 0.3) is 5.91 Å². The smallest absolute Gasteiger partial charge is 0.251 e. The molecule has 0 saturated heterocycles. The van der Waals surface area contributed by atoms with Gasteiger partial charge in [0.2, 0.25) is 0 Å². The van der Waals surface area contributed by atoms with E-state index >= 15 is 0 Å². The van der Waals surface area contributed by atoms with Gasteiger partial charge in [0.15, 0.2) is 0 Å². The average molecular weight is 354 g/mol. The maximum Gasteiger partial charge on any atom is 0.251 e. The maximum atomic E-state index is 12.0. The van der Waals surface area contributed by atoms with E-state index in [2.05, 4.69) is 10.6 Å². The van der Waals surface area contributed by atoms with Crippen LogP contribution in [0.25, 0.3) is 0 Å². The lowest BCUT2D eigenvalue weighted by atomic mass is 10.1. The first-order valence-electron chi connectivity index (χ1n) is 6.89. The molecule has 7 heteroatoms. The Morgan fingerprint density at radius 3 is 2.48 bits per heavy atom. The fourth-order valence-electron chi connectivity index (χ4n) is 1.97. The van der Waals surface area contributed by atoms with Gasteiger partial charge in [-0.15, -0.1) is 0 Å². The molecule has 5 nitrogen and oxygen atoms in total. The molecular weight excluding hydrogens is 337 g/mol. The Balaban J connectivity index is 2.11. The van der Waals surface area contributed by atoms with Crippen LogP contribution < -0.4 is 16.4 Å². The number of nitrogens with two attached hydrogens (primary N) is 1. The second-order valence-corrected chi connectivity index (χ2v) is 5.71. The molecular formula is C16H17Cl2N3O2. The molecule has 2 aromatic rings. The minimum absolute atomic E-state index is 0.203. The molecule has 0 fully saturated rings. The second kappa shape index (κ2) is 8.06. The SMILES string of the molecule is COCCNC(=O)c1ccc(Nc2cc(Cl)cc(Cl)c2)c(N)c1. The standard InChI is InChI=1S/C16H17Cl2N3O2/c1-23-5-4-20-16(22)10-2-3-15(14(19)6-10)21-13-8-11(17)7-12(18)9-13/h2-3,6-9,21H,4-5,19H2,1H3,(H,20,22). The third kappa shape index (κ3) is 5.03. The number of anilines is 3. The monoisotopic (exact) mass is 353 g/mol. The van der Waals surface area contributed by atoms with Crippen molar-refractivity contribution in [1.29, 1.82) is 0 Å². The summed E-state index contributed by atoms with van der Waals surface area (Å²) in [6.45, 7) is 0.895. The first-order valence-corrected chi connectivity index (χ1v) is 7.65. The van der Waals surface area contributed by atoms with Crippen molar-refractivity contribution in [3.63, 3.8) is 0 Å². The molecule has 2 rings (SSSR count). The molecule has 0 aliphatic carbocycles. The highest BCUT2D eigenvalue weighted by molar-refractivity contribution is 6.35. The summed E-state index contributed by atoms with van der Waals surface area (Å²) in [7, 11) is 1.58. The molecule has 23 heavy (non-hydrogen) atoms. The third-order valence-electron chi connectivity index (χ3n) is 3.05. The van der Waals surface area contributed by atoms with Gasteiger partial charge < -0.3 is 21.1 Å². The van der Waals surface area contributed by atoms with E-state index in [1.165, 1.54) is 0 Å². The number of hydrogen-bond donors (Lipinski definition) is 3. The molecule has 0 unspecified atom stereocenters. The van der Waals surface area contributed by atoms with Crippen LogP contribution in [0, 0.1) is 0 Å². The lowest BCUT2D eigenvalue weighted by Crippen LogP contribution is -2.27. The fourth-order valence-corrected chi connectivity index (χ4v) is 2.49. The highest BCUT2D eigenvalue weighted by atomic mass is 35.5. The van der Waals surface area contributed by atoms with E-state index in [9.17, 15) is 4.79 Å². The Labute approximate surface area is 144 Å². The van der Waals surface area contributed by atoms with Gasteiger partial charge in [0, 0.05) is 35.0 Å². The summed E-state index contributed by atoms with van der Waals surface area (Å²) < 4.78 is 4.89. The first kappa shape index (κ1) is 17.4. The average Bonchev–Trinajstić information content (AvgIpc) is 2.48. The fraction of sp³-hybridized carbons (Fsp3) is 0.188. The number of benzene rings is 2. The van der Waals surface area contributed by atoms with Gasteiger partial charge in [-0.3, -0.25) is 4.79 Å². The molecule has 0 radical (unpaired) electrons. The minimum atomic E-state index is -0.203. The van der Waals surface area contributed by atoms with Crippen molar-refractivity contribution in [3.8, 4) is 0 Å². The number of rotatable bonds is 6. The Bertz CT molecular complexity index is 687. The van der Waals surface area contributed by atoms with Crippen LogP contribution in [0.1, 0.15) is 10.4 Å². The predicted molar refractivity (Wildman–Crippen MR) is 94.8 cm³/mol. The molecule has 0 saturated carbocycles. The van der Waals surface area contributed by atoms with E-state index in [-0.39, 0.29) is 5.91 Å². The predicted octanol–water partition coefficient (Wildman–Crippen LogP) is 3.70. The number of ether oxygens (including phenoxy) is 1. The Morgan fingerprint density at radius 2 is 1.87 bits per heavy atom. The topological polar surface area (TPSA) is 76.4 Å². The molecule has 1 amide bonds. The maximum absolute atomic E-state index is 12.0. The van der Waals surface area contributed by atoms with Crippen LogP contribution in [0.5, 0.6) is 0 Å². The number of methoxy groups -OCH3 is 1. The van der Waals surface area contributed by atoms with Crippen molar-refractivity contribution in [2.24, 2.45) is 0 Å². The second-order valence-electron chi connectivity index (χ2n) is 4.83. The van der Waals surface area contributed by atoms with Crippen LogP contribution in [0.3, 0.4) is 0 Å². The van der Waals surface area contributed by atoms with Crippen molar-refractivity contribution in [3.05, 3.63) is 52.0 Å². The molecule has 0 heterocycles. The van der Waals surface area contributed by atoms with Crippen molar-refractivity contribution in [2.75, 3.05) is 31.3 Å². The van der Waals surface area contributed by atoms with Gasteiger partial charge in [0.05, 0.1) is 18.0 Å². The summed E-state index contributed by atoms with van der Waals surface area (Å²) >= 11 is 11.9. The van der Waals surface area contributed by atoms with Crippen LogP contribution in [0.15, 0.2) is 36.4 Å². The lowest BCUT2D eigenvalue weighted by Gasteiger charge is -2.12. The molecule has 2 aromatic carbocycles. The number of carbonyl (C=O) groups excluding carboxylic acids is 1. The van der Waals surface area contributed by atoms with E-state index < -0.39 is 0 Å². The summed E-state index contributed by atoms with van der Waals surface area (Å²) in [5.41, 5.74) is 8.31. The molecule has 0 aliphatic rings. The lowest BCUT2D eigenvalue weighted by molar-refractivity contribution is 0.0937. The number of hydrogen-bond acceptors (Lipinski definition) is 4. The largest absolute Gasteiger partial charge is 0.397 e. The van der Waals surface area contributed by atoms with Crippen LogP contribution in [-0.2, 0) is 4.74 Å². The van der Waals surface area contributed by atoms with Gasteiger partial charge >= 0.3 is 0 Å². The summed E-state index contributed by atoms with van der Waals surface area (Å²) in [4.78, 5) is 12.0. The Hall–Kier alpha value is -1.95. The van der Waals surface area contributed by atoms with E-state index in [4.69, 9.17) is 33.7 Å². The van der Waals surface area contributed by atoms with Crippen LogP contribution in [0.2, 0.25) is 10.0 Å². The molecule has 4 N–H and O–H groups in total. The molecule has 0 atom stereocenters. The van der Waals surface area contributed by atoms with E-state index in [1.54, 1.807) is 43.5 Å². The van der Waals surface area contributed by atoms with Gasteiger partial charge in [0.1, 0.15) is 0 Å². The zero-order valence-corrected chi connectivity index (χ0v) is 14.0. The van der Waals surface area contributed by atoms with Gasteiger partial charge in [-0.2, -0.15) is 0 Å². The van der Waals surface area contributed by atoms with Crippen LogP contribution >= 0.6 is 23.2 Å². The zero-order chi connectivity index (χ0) is 16.8. The van der Waals surface area contributed by atoms with Gasteiger partial charge in [-0.25, -0.2) is 0 Å². The van der Waals surface area contributed by atoms with E-state index in [0.29, 0.717) is 45.8 Å². The first-order chi connectivity index (χ1) is 11.0. The summed E-state index contributed by atoms with van der Waals surface area (Å²) in [5.74, 6) is -0.203. The molecule has 0 spiro atoms. The highest BCUT2D eigenvalue weighted by Gasteiger charge is 2.08. The minimum Gasteiger partial charge on any atom is -0.397 e. The van der Waals surface area contributed by atoms with Gasteiger partial charge in [-0.05, 0) is 36.4 Å². The molecule has 0 aliphatic heterocycles. The van der Waals surface area contributed by atoms with Crippen molar-refractivity contribution in [1.82, 2.24) is 5.32 Å². The number of halogens is 2. The summed E-state index contributed by atoms with van der Waals surface area (Å²) in [6.07, 6.45) is 0. The van der Waals surface area contributed by atoms with E-state index in [0.717, 1.165) is 0 Å².